The quantitative estimate of drug-likeness (QED) is 0.633. The number of aromatic nitrogens is 1. The highest BCUT2D eigenvalue weighted by atomic mass is 19.1. The molecule has 0 radical (unpaired) electrons. The molecule has 1 N–H and O–H groups in total. The third-order valence-electron chi connectivity index (χ3n) is 4.88. The number of carbonyl (C=O) groups excluding carboxylic acids is 2. The van der Waals surface area contributed by atoms with Gasteiger partial charge >= 0.3 is 0 Å². The van der Waals surface area contributed by atoms with Crippen LogP contribution in [0.5, 0.6) is 0 Å². The average molecular weight is 383 g/mol. The molecule has 146 valence electrons. The van der Waals surface area contributed by atoms with E-state index in [0.717, 1.165) is 6.21 Å². The van der Waals surface area contributed by atoms with Crippen molar-refractivity contribution in [1.82, 2.24) is 9.88 Å². The third-order valence-corrected chi connectivity index (χ3v) is 4.88. The minimum absolute atomic E-state index is 0.172. The lowest BCUT2D eigenvalue weighted by molar-refractivity contribution is -0.131. The number of ketones is 1. The van der Waals surface area contributed by atoms with E-state index in [0.29, 0.717) is 48.3 Å². The molecule has 2 heterocycles. The highest BCUT2D eigenvalue weighted by Crippen LogP contribution is 2.32. The number of amides is 1. The fraction of sp³-hybridized carbons (Fsp3) is 0.350. The number of aliphatic imine (C=N–C) groups is 1. The second-order valence-electron chi connectivity index (χ2n) is 6.62. The lowest BCUT2D eigenvalue weighted by Gasteiger charge is -2.37. The Morgan fingerprint density at radius 1 is 1.32 bits per heavy atom. The molecule has 1 fully saturated rings. The van der Waals surface area contributed by atoms with Gasteiger partial charge in [0.25, 0.3) is 0 Å². The third kappa shape index (κ3) is 3.62. The zero-order valence-corrected chi connectivity index (χ0v) is 15.9. The van der Waals surface area contributed by atoms with E-state index in [4.69, 9.17) is 5.41 Å². The van der Waals surface area contributed by atoms with E-state index in [1.54, 1.807) is 30.3 Å². The van der Waals surface area contributed by atoms with Crippen molar-refractivity contribution in [2.75, 3.05) is 38.1 Å². The van der Waals surface area contributed by atoms with E-state index >= 15 is 0 Å². The fourth-order valence-electron chi connectivity index (χ4n) is 3.48. The van der Waals surface area contributed by atoms with Crippen molar-refractivity contribution in [2.24, 2.45) is 10.9 Å². The highest BCUT2D eigenvalue weighted by Gasteiger charge is 2.28. The van der Waals surface area contributed by atoms with Gasteiger partial charge in [0, 0.05) is 62.8 Å². The highest BCUT2D eigenvalue weighted by molar-refractivity contribution is 6.08. The van der Waals surface area contributed by atoms with Crippen LogP contribution in [0.1, 0.15) is 17.3 Å². The lowest BCUT2D eigenvalue weighted by Crippen LogP contribution is -2.51. The second-order valence-corrected chi connectivity index (χ2v) is 6.62. The van der Waals surface area contributed by atoms with Crippen LogP contribution in [-0.2, 0) is 4.79 Å². The summed E-state index contributed by atoms with van der Waals surface area (Å²) in [6.45, 7) is 3.24. The lowest BCUT2D eigenvalue weighted by atomic mass is 10.0. The summed E-state index contributed by atoms with van der Waals surface area (Å²) < 4.78 is 14.4. The van der Waals surface area contributed by atoms with Gasteiger partial charge in [0.2, 0.25) is 5.91 Å². The number of nitrogens with one attached hydrogen (secondary N) is 1. The van der Waals surface area contributed by atoms with Gasteiger partial charge in [-0.25, -0.2) is 4.39 Å². The van der Waals surface area contributed by atoms with E-state index in [-0.39, 0.29) is 11.7 Å². The van der Waals surface area contributed by atoms with Crippen molar-refractivity contribution in [3.8, 4) is 0 Å². The molecule has 1 aromatic carbocycles. The van der Waals surface area contributed by atoms with Gasteiger partial charge in [-0.2, -0.15) is 0 Å². The van der Waals surface area contributed by atoms with Gasteiger partial charge in [-0.1, -0.05) is 0 Å². The van der Waals surface area contributed by atoms with E-state index in [1.165, 1.54) is 19.2 Å². The number of carbonyl (C=O) groups is 2. The van der Waals surface area contributed by atoms with Gasteiger partial charge in [-0.05, 0) is 25.1 Å². The Labute approximate surface area is 162 Å². The van der Waals surface area contributed by atoms with Crippen molar-refractivity contribution >= 4 is 40.7 Å². The van der Waals surface area contributed by atoms with Crippen LogP contribution in [0.3, 0.4) is 0 Å². The molecule has 3 rings (SSSR count). The summed E-state index contributed by atoms with van der Waals surface area (Å²) in [5.41, 5.74) is 1.34. The van der Waals surface area contributed by atoms with Crippen LogP contribution in [-0.4, -0.2) is 67.2 Å². The second kappa shape index (κ2) is 8.24. The summed E-state index contributed by atoms with van der Waals surface area (Å²) in [6, 6.07) is 4.57. The smallest absolute Gasteiger partial charge is 0.236 e. The van der Waals surface area contributed by atoms with Crippen LogP contribution < -0.4 is 4.90 Å². The molecule has 7 nitrogen and oxygen atoms in total. The van der Waals surface area contributed by atoms with Crippen molar-refractivity contribution < 1.29 is 14.0 Å². The molecule has 1 aliphatic rings. The number of Topliss-reactive ketones (excluding diaryl/α,β-unsaturated/α-hetero) is 1. The zero-order chi connectivity index (χ0) is 20.3. The van der Waals surface area contributed by atoms with Crippen LogP contribution in [0, 0.1) is 17.1 Å². The van der Waals surface area contributed by atoms with Crippen molar-refractivity contribution in [3.63, 3.8) is 0 Å². The van der Waals surface area contributed by atoms with Gasteiger partial charge < -0.3 is 15.2 Å². The molecular formula is C20H22FN5O2. The molecule has 8 heteroatoms. The fourth-order valence-corrected chi connectivity index (χ4v) is 3.48. The molecule has 0 spiro atoms. The number of hydrogen-bond donors (Lipinski definition) is 1. The number of hydrogen-bond acceptors (Lipinski definition) is 6. The SMILES string of the molecule is CN=CC(C=N)C(=O)N1CCN(c2c(C(C)=O)cc(F)c3cccnc23)CC1. The zero-order valence-electron chi connectivity index (χ0n) is 15.9. The monoisotopic (exact) mass is 383 g/mol. The molecular weight excluding hydrogens is 361 g/mol. The summed E-state index contributed by atoms with van der Waals surface area (Å²) in [5.74, 6) is -1.55. The van der Waals surface area contributed by atoms with Crippen molar-refractivity contribution in [1.29, 1.82) is 5.41 Å². The molecule has 1 aliphatic heterocycles. The summed E-state index contributed by atoms with van der Waals surface area (Å²) >= 11 is 0. The molecule has 0 saturated carbocycles. The standard InChI is InChI=1S/C20H22FN5O2/c1-13(27)16-10-17(21)15-4-3-5-24-18(15)19(16)25-6-8-26(9-7-25)20(28)14(11-22)12-23-2/h3-5,10-12,14,22H,6-9H2,1-2H3. The van der Waals surface area contributed by atoms with Gasteiger partial charge in [0.1, 0.15) is 11.7 Å². The van der Waals surface area contributed by atoms with Crippen molar-refractivity contribution in [2.45, 2.75) is 6.92 Å². The first-order chi connectivity index (χ1) is 13.5. The molecule has 0 bridgehead atoms. The number of piperazine rings is 1. The summed E-state index contributed by atoms with van der Waals surface area (Å²) in [4.78, 5) is 36.5. The number of halogens is 1. The molecule has 0 aliphatic carbocycles. The predicted octanol–water partition coefficient (Wildman–Crippen LogP) is 2.19. The van der Waals surface area contributed by atoms with E-state index < -0.39 is 11.7 Å². The molecule has 28 heavy (non-hydrogen) atoms. The average Bonchev–Trinajstić information content (AvgIpc) is 2.71. The number of benzene rings is 1. The van der Waals surface area contributed by atoms with Crippen LogP contribution >= 0.6 is 0 Å². The number of nitrogens with zero attached hydrogens (tertiary/aromatic N) is 4. The Hall–Kier alpha value is -3.16. The van der Waals surface area contributed by atoms with Gasteiger partial charge in [-0.3, -0.25) is 19.6 Å². The van der Waals surface area contributed by atoms with Gasteiger partial charge in [-0.15, -0.1) is 0 Å². The topological polar surface area (TPSA) is 89.7 Å². The summed E-state index contributed by atoms with van der Waals surface area (Å²) in [6.07, 6.45) is 4.10. The van der Waals surface area contributed by atoms with Crippen LogP contribution in [0.4, 0.5) is 10.1 Å². The number of fused-ring (bicyclic) bond motifs is 1. The van der Waals surface area contributed by atoms with Gasteiger partial charge in [0.05, 0.1) is 11.2 Å². The number of rotatable bonds is 5. The van der Waals surface area contributed by atoms with Crippen LogP contribution in [0.15, 0.2) is 29.4 Å². The molecule has 1 saturated heterocycles. The molecule has 1 amide bonds. The van der Waals surface area contributed by atoms with E-state index in [2.05, 4.69) is 9.98 Å². The van der Waals surface area contributed by atoms with Crippen LogP contribution in [0.2, 0.25) is 0 Å². The van der Waals surface area contributed by atoms with Crippen LogP contribution in [0.25, 0.3) is 10.9 Å². The molecule has 1 aromatic heterocycles. The first-order valence-electron chi connectivity index (χ1n) is 9.02. The minimum atomic E-state index is -0.669. The first kappa shape index (κ1) is 19.6. The Kier molecular flexibility index (Phi) is 5.77. The predicted molar refractivity (Wildman–Crippen MR) is 107 cm³/mol. The first-order valence-corrected chi connectivity index (χ1v) is 9.02. The maximum Gasteiger partial charge on any atom is 0.236 e. The Bertz CT molecular complexity index is 951. The largest absolute Gasteiger partial charge is 0.366 e. The maximum absolute atomic E-state index is 14.4. The molecule has 1 atom stereocenters. The molecule has 1 unspecified atom stereocenters. The maximum atomic E-state index is 14.4. The Morgan fingerprint density at radius 3 is 2.64 bits per heavy atom. The summed E-state index contributed by atoms with van der Waals surface area (Å²) in [7, 11) is 1.57. The Balaban J connectivity index is 1.90. The number of pyridine rings is 1. The Morgan fingerprint density at radius 2 is 2.04 bits per heavy atom. The van der Waals surface area contributed by atoms with Crippen molar-refractivity contribution in [3.05, 3.63) is 35.8 Å². The van der Waals surface area contributed by atoms with E-state index in [9.17, 15) is 14.0 Å². The van der Waals surface area contributed by atoms with E-state index in [1.807, 2.05) is 4.90 Å². The summed E-state index contributed by atoms with van der Waals surface area (Å²) in [5, 5.41) is 7.78. The van der Waals surface area contributed by atoms with Gasteiger partial charge in [0.15, 0.2) is 5.78 Å². The normalized spacial score (nSPS) is 15.8. The number of anilines is 1. The molecule has 2 aromatic rings. The minimum Gasteiger partial charge on any atom is -0.366 e.